The van der Waals surface area contributed by atoms with Crippen LogP contribution in [0.25, 0.3) is 5.69 Å². The molecule has 18 heavy (non-hydrogen) atoms. The average Bonchev–Trinajstić information content (AvgIpc) is 2.56. The van der Waals surface area contributed by atoms with Crippen LogP contribution in [-0.2, 0) is 0 Å². The maximum atomic E-state index is 10.8. The van der Waals surface area contributed by atoms with E-state index < -0.39 is 4.92 Å². The average molecular weight is 311 g/mol. The van der Waals surface area contributed by atoms with Crippen LogP contribution < -0.4 is 5.73 Å². The van der Waals surface area contributed by atoms with Crippen molar-refractivity contribution in [3.63, 3.8) is 0 Å². The predicted octanol–water partition coefficient (Wildman–Crippen LogP) is 2.74. The van der Waals surface area contributed by atoms with Gasteiger partial charge in [-0.2, -0.15) is 5.10 Å². The Hall–Kier alpha value is -1.89. The first-order valence-corrected chi connectivity index (χ1v) is 5.96. The molecule has 0 aliphatic heterocycles. The molecule has 0 aliphatic rings. The molecule has 2 N–H and O–H groups in total. The van der Waals surface area contributed by atoms with Crippen LogP contribution in [0.4, 0.5) is 11.4 Å². The second kappa shape index (κ2) is 4.41. The van der Waals surface area contributed by atoms with E-state index in [4.69, 9.17) is 5.73 Å². The van der Waals surface area contributed by atoms with Gasteiger partial charge < -0.3 is 5.73 Å². The molecule has 0 spiro atoms. The van der Waals surface area contributed by atoms with Crippen molar-refractivity contribution < 1.29 is 4.92 Å². The Balaban J connectivity index is 2.63. The first-order valence-electron chi connectivity index (χ1n) is 5.17. The summed E-state index contributed by atoms with van der Waals surface area (Å²) in [6, 6.07) is 4.42. The molecule has 0 saturated carbocycles. The van der Waals surface area contributed by atoms with Gasteiger partial charge in [-0.1, -0.05) is 0 Å². The van der Waals surface area contributed by atoms with Gasteiger partial charge in [0.1, 0.15) is 0 Å². The molecule has 0 fully saturated rings. The summed E-state index contributed by atoms with van der Waals surface area (Å²) in [6.07, 6.45) is 0. The van der Waals surface area contributed by atoms with Crippen LogP contribution >= 0.6 is 15.9 Å². The molecule has 1 aromatic carbocycles. The van der Waals surface area contributed by atoms with Gasteiger partial charge in [-0.15, -0.1) is 0 Å². The monoisotopic (exact) mass is 310 g/mol. The van der Waals surface area contributed by atoms with Crippen LogP contribution in [0.5, 0.6) is 0 Å². The standard InChI is InChI=1S/C11H11BrN4O2/c1-6-11(12)7(2)15(14-6)9-3-8(13)4-10(5-9)16(17)18/h3-5H,13H2,1-2H3. The van der Waals surface area contributed by atoms with Gasteiger partial charge in [0, 0.05) is 17.8 Å². The van der Waals surface area contributed by atoms with Crippen molar-refractivity contribution in [3.8, 4) is 5.69 Å². The molecular formula is C11H11BrN4O2. The van der Waals surface area contributed by atoms with E-state index in [1.165, 1.54) is 12.1 Å². The van der Waals surface area contributed by atoms with E-state index >= 15 is 0 Å². The molecule has 2 rings (SSSR count). The molecule has 1 aromatic heterocycles. The Kier molecular flexibility index (Phi) is 3.08. The molecule has 1 heterocycles. The summed E-state index contributed by atoms with van der Waals surface area (Å²) in [5.41, 5.74) is 8.22. The van der Waals surface area contributed by atoms with Crippen molar-refractivity contribution in [2.45, 2.75) is 13.8 Å². The smallest absolute Gasteiger partial charge is 0.273 e. The number of aryl methyl sites for hydroxylation is 1. The number of hydrogen-bond acceptors (Lipinski definition) is 4. The van der Waals surface area contributed by atoms with E-state index in [1.807, 2.05) is 13.8 Å². The van der Waals surface area contributed by atoms with Gasteiger partial charge in [-0.25, -0.2) is 4.68 Å². The van der Waals surface area contributed by atoms with E-state index in [-0.39, 0.29) is 5.69 Å². The van der Waals surface area contributed by atoms with E-state index in [1.54, 1.807) is 10.7 Å². The van der Waals surface area contributed by atoms with Gasteiger partial charge in [0.25, 0.3) is 5.69 Å². The normalized spacial score (nSPS) is 10.6. The van der Waals surface area contributed by atoms with Crippen LogP contribution in [0.2, 0.25) is 0 Å². The minimum Gasteiger partial charge on any atom is -0.398 e. The zero-order valence-corrected chi connectivity index (χ0v) is 11.4. The number of nitrogens with two attached hydrogens (primary N) is 1. The molecule has 0 aliphatic carbocycles. The van der Waals surface area contributed by atoms with Crippen LogP contribution in [0, 0.1) is 24.0 Å². The van der Waals surface area contributed by atoms with E-state index in [0.717, 1.165) is 15.9 Å². The molecule has 7 heteroatoms. The van der Waals surface area contributed by atoms with Crippen LogP contribution in [-0.4, -0.2) is 14.7 Å². The Labute approximate surface area is 112 Å². The minimum atomic E-state index is -0.472. The number of rotatable bonds is 2. The molecule has 0 bridgehead atoms. The van der Waals surface area contributed by atoms with E-state index in [0.29, 0.717) is 11.4 Å². The fourth-order valence-electron chi connectivity index (χ4n) is 1.72. The minimum absolute atomic E-state index is 0.0475. The molecule has 0 radical (unpaired) electrons. The lowest BCUT2D eigenvalue weighted by Crippen LogP contribution is -2.02. The van der Waals surface area contributed by atoms with Gasteiger partial charge in [-0.3, -0.25) is 10.1 Å². The number of anilines is 1. The fraction of sp³-hybridized carbons (Fsp3) is 0.182. The van der Waals surface area contributed by atoms with Gasteiger partial charge in [-0.05, 0) is 35.8 Å². The summed E-state index contributed by atoms with van der Waals surface area (Å²) < 4.78 is 2.51. The van der Waals surface area contributed by atoms with Gasteiger partial charge in [0.05, 0.1) is 26.5 Å². The van der Waals surface area contributed by atoms with Crippen LogP contribution in [0.15, 0.2) is 22.7 Å². The lowest BCUT2D eigenvalue weighted by atomic mass is 10.2. The third-order valence-electron chi connectivity index (χ3n) is 2.58. The molecule has 6 nitrogen and oxygen atoms in total. The zero-order valence-electron chi connectivity index (χ0n) is 9.85. The highest BCUT2D eigenvalue weighted by Gasteiger charge is 2.14. The fourth-order valence-corrected chi connectivity index (χ4v) is 1.97. The van der Waals surface area contributed by atoms with Crippen molar-refractivity contribution >= 4 is 27.3 Å². The number of nitro groups is 1. The number of nitrogens with zero attached hydrogens (tertiary/aromatic N) is 3. The Morgan fingerprint density at radius 1 is 1.39 bits per heavy atom. The summed E-state index contributed by atoms with van der Waals surface area (Å²) in [4.78, 5) is 10.3. The van der Waals surface area contributed by atoms with Gasteiger partial charge in [0.15, 0.2) is 0 Å². The van der Waals surface area contributed by atoms with Crippen molar-refractivity contribution in [3.05, 3.63) is 44.2 Å². The second-order valence-electron chi connectivity index (χ2n) is 3.94. The van der Waals surface area contributed by atoms with Gasteiger partial charge in [0.2, 0.25) is 0 Å². The Morgan fingerprint density at radius 2 is 2.06 bits per heavy atom. The van der Waals surface area contributed by atoms with Crippen molar-refractivity contribution in [2.24, 2.45) is 0 Å². The summed E-state index contributed by atoms with van der Waals surface area (Å²) in [5, 5.41) is 15.1. The zero-order chi connectivity index (χ0) is 13.4. The third kappa shape index (κ3) is 2.08. The Bertz CT molecular complexity index is 636. The molecule has 0 unspecified atom stereocenters. The third-order valence-corrected chi connectivity index (χ3v) is 3.73. The van der Waals surface area contributed by atoms with Crippen molar-refractivity contribution in [1.29, 1.82) is 0 Å². The van der Waals surface area contributed by atoms with Crippen LogP contribution in [0.3, 0.4) is 0 Å². The number of hydrogen-bond donors (Lipinski definition) is 1. The van der Waals surface area contributed by atoms with E-state index in [9.17, 15) is 10.1 Å². The lowest BCUT2D eigenvalue weighted by Gasteiger charge is -2.05. The number of halogens is 1. The molecule has 0 saturated heterocycles. The summed E-state index contributed by atoms with van der Waals surface area (Å²) in [6.45, 7) is 3.73. The molecule has 94 valence electrons. The summed E-state index contributed by atoms with van der Waals surface area (Å²) in [5.74, 6) is 0. The lowest BCUT2D eigenvalue weighted by molar-refractivity contribution is -0.384. The van der Waals surface area contributed by atoms with Crippen LogP contribution in [0.1, 0.15) is 11.4 Å². The summed E-state index contributed by atoms with van der Waals surface area (Å²) >= 11 is 3.41. The number of nitrogen functional groups attached to an aromatic ring is 1. The largest absolute Gasteiger partial charge is 0.398 e. The highest BCUT2D eigenvalue weighted by atomic mass is 79.9. The molecule has 2 aromatic rings. The van der Waals surface area contributed by atoms with Gasteiger partial charge >= 0.3 is 0 Å². The number of aromatic nitrogens is 2. The second-order valence-corrected chi connectivity index (χ2v) is 4.73. The number of benzene rings is 1. The molecular weight excluding hydrogens is 300 g/mol. The quantitative estimate of drug-likeness (QED) is 0.525. The SMILES string of the molecule is Cc1nn(-c2cc(N)cc([N+](=O)[O-])c2)c(C)c1Br. The van der Waals surface area contributed by atoms with Crippen molar-refractivity contribution in [1.82, 2.24) is 9.78 Å². The maximum absolute atomic E-state index is 10.8. The Morgan fingerprint density at radius 3 is 2.56 bits per heavy atom. The highest BCUT2D eigenvalue weighted by Crippen LogP contribution is 2.26. The predicted molar refractivity (Wildman–Crippen MR) is 71.8 cm³/mol. The highest BCUT2D eigenvalue weighted by molar-refractivity contribution is 9.10. The molecule has 0 atom stereocenters. The first kappa shape index (κ1) is 12.6. The number of nitro benzene ring substituents is 1. The first-order chi connectivity index (χ1) is 8.40. The van der Waals surface area contributed by atoms with Crippen molar-refractivity contribution in [2.75, 3.05) is 5.73 Å². The topological polar surface area (TPSA) is 87.0 Å². The molecule has 0 amide bonds. The maximum Gasteiger partial charge on any atom is 0.273 e. The summed E-state index contributed by atoms with van der Waals surface area (Å²) in [7, 11) is 0. The number of non-ortho nitro benzene ring substituents is 1. The van der Waals surface area contributed by atoms with E-state index in [2.05, 4.69) is 21.0 Å².